The molecule has 1 amide bonds. The average molecular weight is 339 g/mol. The lowest BCUT2D eigenvalue weighted by atomic mass is 10.1. The van der Waals surface area contributed by atoms with E-state index in [2.05, 4.69) is 17.2 Å². The van der Waals surface area contributed by atoms with E-state index in [1.165, 1.54) is 0 Å². The number of carbonyl (C=O) groups excluding carboxylic acids is 1. The molecule has 130 valence electrons. The molecule has 0 radical (unpaired) electrons. The molecule has 3 fully saturated rings. The first-order chi connectivity index (χ1) is 12.1. The number of carboxylic acids is 1. The van der Waals surface area contributed by atoms with Crippen molar-refractivity contribution in [2.45, 2.75) is 18.8 Å². The van der Waals surface area contributed by atoms with Gasteiger partial charge in [-0.3, -0.25) is 14.3 Å². The summed E-state index contributed by atoms with van der Waals surface area (Å²) in [6, 6.07) is 8.14. The average Bonchev–Trinajstić information content (AvgIpc) is 3.51. The lowest BCUT2D eigenvalue weighted by Gasteiger charge is -2.26. The van der Waals surface area contributed by atoms with E-state index in [4.69, 9.17) is 0 Å². The molecule has 1 aromatic carbocycles. The highest BCUT2D eigenvalue weighted by atomic mass is 16.4. The molecule has 6 heteroatoms. The molecule has 0 unspecified atom stereocenters. The van der Waals surface area contributed by atoms with Crippen LogP contribution < -0.4 is 0 Å². The third-order valence-corrected chi connectivity index (χ3v) is 6.34. The normalized spacial score (nSPS) is 33.2. The van der Waals surface area contributed by atoms with Crippen LogP contribution >= 0.6 is 0 Å². The molecule has 6 nitrogen and oxygen atoms in total. The molecule has 25 heavy (non-hydrogen) atoms. The Kier molecular flexibility index (Phi) is 3.03. The van der Waals surface area contributed by atoms with E-state index in [-0.39, 0.29) is 35.5 Å². The van der Waals surface area contributed by atoms with Gasteiger partial charge in [0.2, 0.25) is 5.91 Å². The number of hydrogen-bond donors (Lipinski definition) is 1. The molecule has 2 saturated carbocycles. The Balaban J connectivity index is 1.31. The van der Waals surface area contributed by atoms with Crippen molar-refractivity contribution in [3.05, 3.63) is 30.0 Å². The molecule has 3 aliphatic rings. The largest absolute Gasteiger partial charge is 0.481 e. The van der Waals surface area contributed by atoms with E-state index in [0.717, 1.165) is 29.4 Å². The minimum atomic E-state index is -0.700. The molecule has 1 aliphatic heterocycles. The van der Waals surface area contributed by atoms with Crippen molar-refractivity contribution >= 4 is 22.8 Å². The fourth-order valence-corrected chi connectivity index (χ4v) is 4.82. The number of carbonyl (C=O) groups is 2. The summed E-state index contributed by atoms with van der Waals surface area (Å²) >= 11 is 0. The second-order valence-corrected chi connectivity index (χ2v) is 7.74. The van der Waals surface area contributed by atoms with Crippen LogP contribution in [0, 0.1) is 23.7 Å². The quantitative estimate of drug-likeness (QED) is 0.926. The van der Waals surface area contributed by atoms with Gasteiger partial charge in [0.05, 0.1) is 17.1 Å². The van der Waals surface area contributed by atoms with Crippen molar-refractivity contribution in [2.75, 3.05) is 13.1 Å². The van der Waals surface area contributed by atoms with Crippen molar-refractivity contribution in [3.63, 3.8) is 0 Å². The molecule has 5 atom stereocenters. The van der Waals surface area contributed by atoms with Gasteiger partial charge in [0.15, 0.2) is 0 Å². The standard InChI is InChI=1S/C19H21N3O3/c1-21-15-5-3-2-4-11(15)17(20-21)12-8-13(12)18(23)22-7-6-10-14(9-22)16(10)19(24)25/h2-5,10,12-14,16H,6-9H2,1H3,(H,24,25)/t10-,12+,13+,14+,16-/m0/s1. The molecule has 5 rings (SSSR count). The smallest absolute Gasteiger partial charge is 0.307 e. The SMILES string of the molecule is Cn1nc([C@@H]2C[C@H]2C(=O)N2CC[C@H]3[C@@H](C2)[C@H]3C(=O)O)c2ccccc21. The summed E-state index contributed by atoms with van der Waals surface area (Å²) in [5.41, 5.74) is 2.12. The first-order valence-corrected chi connectivity index (χ1v) is 8.99. The molecule has 1 saturated heterocycles. The second kappa shape index (κ2) is 5.07. The van der Waals surface area contributed by atoms with Gasteiger partial charge in [-0.15, -0.1) is 0 Å². The van der Waals surface area contributed by atoms with Crippen LogP contribution in [0.1, 0.15) is 24.5 Å². The summed E-state index contributed by atoms with van der Waals surface area (Å²) in [5.74, 6) is -0.0719. The predicted molar refractivity (Wildman–Crippen MR) is 90.9 cm³/mol. The molecule has 2 aromatic rings. The van der Waals surface area contributed by atoms with Crippen molar-refractivity contribution in [1.29, 1.82) is 0 Å². The summed E-state index contributed by atoms with van der Waals surface area (Å²) in [7, 11) is 1.94. The number of amides is 1. The van der Waals surface area contributed by atoms with E-state index in [0.29, 0.717) is 13.1 Å². The monoisotopic (exact) mass is 339 g/mol. The number of para-hydroxylation sites is 1. The summed E-state index contributed by atoms with van der Waals surface area (Å²) in [5, 5.41) is 15.0. The van der Waals surface area contributed by atoms with Crippen molar-refractivity contribution in [2.24, 2.45) is 30.7 Å². The van der Waals surface area contributed by atoms with Crippen LogP contribution in [0.4, 0.5) is 0 Å². The fraction of sp³-hybridized carbons (Fsp3) is 0.526. The summed E-state index contributed by atoms with van der Waals surface area (Å²) < 4.78 is 1.89. The summed E-state index contributed by atoms with van der Waals surface area (Å²) in [4.78, 5) is 26.0. The maximum atomic E-state index is 12.9. The van der Waals surface area contributed by atoms with Gasteiger partial charge < -0.3 is 10.0 Å². The van der Waals surface area contributed by atoms with Crippen LogP contribution in [0.2, 0.25) is 0 Å². The fourth-order valence-electron chi connectivity index (χ4n) is 4.82. The van der Waals surface area contributed by atoms with Crippen LogP contribution in [0.5, 0.6) is 0 Å². The number of carboxylic acid groups (broad SMARTS) is 1. The molecule has 2 heterocycles. The minimum absolute atomic E-state index is 0.0110. The predicted octanol–water partition coefficient (Wildman–Crippen LogP) is 1.86. The lowest BCUT2D eigenvalue weighted by molar-refractivity contribution is -0.139. The Hall–Kier alpha value is -2.37. The van der Waals surface area contributed by atoms with Crippen molar-refractivity contribution in [3.8, 4) is 0 Å². The van der Waals surface area contributed by atoms with Crippen LogP contribution in [0.15, 0.2) is 24.3 Å². The Bertz CT molecular complexity index is 889. The zero-order valence-corrected chi connectivity index (χ0v) is 14.1. The molecular formula is C19H21N3O3. The van der Waals surface area contributed by atoms with Crippen LogP contribution in [0.3, 0.4) is 0 Å². The van der Waals surface area contributed by atoms with Gasteiger partial charge in [-0.25, -0.2) is 0 Å². The Labute approximate surface area is 145 Å². The minimum Gasteiger partial charge on any atom is -0.481 e. The second-order valence-electron chi connectivity index (χ2n) is 7.74. The number of benzene rings is 1. The van der Waals surface area contributed by atoms with E-state index in [1.807, 2.05) is 28.8 Å². The van der Waals surface area contributed by atoms with Gasteiger partial charge in [-0.2, -0.15) is 5.10 Å². The van der Waals surface area contributed by atoms with Crippen molar-refractivity contribution in [1.82, 2.24) is 14.7 Å². The van der Waals surface area contributed by atoms with Crippen LogP contribution in [-0.4, -0.2) is 44.8 Å². The van der Waals surface area contributed by atoms with E-state index < -0.39 is 5.97 Å². The van der Waals surface area contributed by atoms with Crippen LogP contribution in [0.25, 0.3) is 10.9 Å². The number of piperidine rings is 1. The molecule has 1 aromatic heterocycles. The van der Waals surface area contributed by atoms with E-state index in [9.17, 15) is 14.7 Å². The number of aliphatic carboxylic acids is 1. The van der Waals surface area contributed by atoms with Gasteiger partial charge in [0.1, 0.15) is 0 Å². The van der Waals surface area contributed by atoms with Gasteiger partial charge in [0.25, 0.3) is 0 Å². The number of aryl methyl sites for hydroxylation is 1. The maximum Gasteiger partial charge on any atom is 0.307 e. The number of rotatable bonds is 3. The molecular weight excluding hydrogens is 318 g/mol. The lowest BCUT2D eigenvalue weighted by Crippen LogP contribution is -2.38. The van der Waals surface area contributed by atoms with E-state index >= 15 is 0 Å². The number of likely N-dealkylation sites (tertiary alicyclic amines) is 1. The number of fused-ring (bicyclic) bond motifs is 2. The summed E-state index contributed by atoms with van der Waals surface area (Å²) in [6.07, 6.45) is 1.68. The highest BCUT2D eigenvalue weighted by molar-refractivity contribution is 5.87. The Morgan fingerprint density at radius 1 is 1.24 bits per heavy atom. The molecule has 1 N–H and O–H groups in total. The van der Waals surface area contributed by atoms with Crippen molar-refractivity contribution < 1.29 is 14.7 Å². The summed E-state index contributed by atoms with van der Waals surface area (Å²) in [6.45, 7) is 1.32. The topological polar surface area (TPSA) is 75.4 Å². The number of nitrogens with zero attached hydrogens (tertiary/aromatic N) is 3. The van der Waals surface area contributed by atoms with Gasteiger partial charge in [0, 0.05) is 37.4 Å². The molecule has 2 aliphatic carbocycles. The third-order valence-electron chi connectivity index (χ3n) is 6.34. The molecule has 0 spiro atoms. The van der Waals surface area contributed by atoms with Gasteiger partial charge in [-0.05, 0) is 30.7 Å². The molecule has 0 bridgehead atoms. The van der Waals surface area contributed by atoms with E-state index in [1.54, 1.807) is 0 Å². The van der Waals surface area contributed by atoms with Crippen LogP contribution in [-0.2, 0) is 16.6 Å². The van der Waals surface area contributed by atoms with Gasteiger partial charge in [-0.1, -0.05) is 18.2 Å². The zero-order valence-electron chi connectivity index (χ0n) is 14.1. The number of aromatic nitrogens is 2. The first-order valence-electron chi connectivity index (χ1n) is 8.99. The highest BCUT2D eigenvalue weighted by Crippen LogP contribution is 2.54. The Morgan fingerprint density at radius 2 is 2.04 bits per heavy atom. The first kappa shape index (κ1) is 14.9. The number of hydrogen-bond acceptors (Lipinski definition) is 3. The third kappa shape index (κ3) is 2.19. The maximum absolute atomic E-state index is 12.9. The Morgan fingerprint density at radius 3 is 2.84 bits per heavy atom. The van der Waals surface area contributed by atoms with Gasteiger partial charge >= 0.3 is 5.97 Å². The zero-order chi connectivity index (χ0) is 17.3. The highest BCUT2D eigenvalue weighted by Gasteiger charge is 2.58.